The Hall–Kier alpha value is -1.73. The van der Waals surface area contributed by atoms with Gasteiger partial charge in [-0.1, -0.05) is 0 Å². The van der Waals surface area contributed by atoms with E-state index in [2.05, 4.69) is 31.1 Å². The molecule has 104 valence electrons. The minimum Gasteiger partial charge on any atom is -0.354 e. The van der Waals surface area contributed by atoms with E-state index >= 15 is 0 Å². The molecule has 0 atom stereocenters. The van der Waals surface area contributed by atoms with E-state index in [0.717, 1.165) is 42.9 Å². The third-order valence-electron chi connectivity index (χ3n) is 3.41. The number of piperazine rings is 1. The van der Waals surface area contributed by atoms with Crippen molar-refractivity contribution in [3.63, 3.8) is 0 Å². The molecule has 1 aromatic carbocycles. The molecule has 0 radical (unpaired) electrons. The average Bonchev–Trinajstić information content (AvgIpc) is 2.48. The second-order valence-electron chi connectivity index (χ2n) is 4.63. The molecule has 0 spiro atoms. The number of nitrogens with zero attached hydrogens (tertiary/aromatic N) is 3. The van der Waals surface area contributed by atoms with Gasteiger partial charge in [0, 0.05) is 37.6 Å². The van der Waals surface area contributed by atoms with Crippen LogP contribution in [0.1, 0.15) is 0 Å². The topological polar surface area (TPSA) is 71.3 Å². The molecule has 1 aliphatic rings. The summed E-state index contributed by atoms with van der Waals surface area (Å²) in [4.78, 5) is 17.3. The summed E-state index contributed by atoms with van der Waals surface area (Å²) in [7, 11) is 0. The van der Waals surface area contributed by atoms with Gasteiger partial charge in [-0.3, -0.25) is 10.1 Å². The molecule has 1 N–H and O–H groups in total. The molecule has 1 saturated heterocycles. The van der Waals surface area contributed by atoms with Gasteiger partial charge in [0.25, 0.3) is 5.69 Å². The van der Waals surface area contributed by atoms with Crippen LogP contribution < -0.4 is 10.2 Å². The van der Waals surface area contributed by atoms with Gasteiger partial charge < -0.3 is 10.2 Å². The van der Waals surface area contributed by atoms with Crippen LogP contribution in [0.15, 0.2) is 28.7 Å². The van der Waals surface area contributed by atoms with E-state index in [-0.39, 0.29) is 5.69 Å². The fraction of sp³-hybridized carbons (Fsp3) is 0.308. The maximum Gasteiger partial charge on any atom is 0.284 e. The predicted octanol–water partition coefficient (Wildman–Crippen LogP) is 2.32. The molecule has 0 unspecified atom stereocenters. The molecular formula is C13H13BrN4O2. The van der Waals surface area contributed by atoms with Crippen LogP contribution in [0.5, 0.6) is 0 Å². The Morgan fingerprint density at radius 2 is 2.00 bits per heavy atom. The van der Waals surface area contributed by atoms with E-state index in [1.54, 1.807) is 6.07 Å². The predicted molar refractivity (Wildman–Crippen MR) is 81.2 cm³/mol. The summed E-state index contributed by atoms with van der Waals surface area (Å²) in [6.07, 6.45) is 0. The zero-order chi connectivity index (χ0) is 14.1. The van der Waals surface area contributed by atoms with Gasteiger partial charge in [-0.2, -0.15) is 0 Å². The van der Waals surface area contributed by atoms with Crippen molar-refractivity contribution in [3.05, 3.63) is 38.9 Å². The minimum atomic E-state index is -0.395. The number of rotatable bonds is 2. The summed E-state index contributed by atoms with van der Waals surface area (Å²) in [5, 5.41) is 15.0. The molecule has 2 aromatic rings. The lowest BCUT2D eigenvalue weighted by Crippen LogP contribution is -2.43. The maximum atomic E-state index is 10.9. The molecule has 0 saturated carbocycles. The highest BCUT2D eigenvalue weighted by molar-refractivity contribution is 9.10. The molecule has 2 heterocycles. The SMILES string of the molecule is O=[N+]([O-])c1ccc2nc(N3CCNCC3)ccc2c1Br. The van der Waals surface area contributed by atoms with Gasteiger partial charge in [-0.15, -0.1) is 0 Å². The van der Waals surface area contributed by atoms with E-state index in [0.29, 0.717) is 4.47 Å². The number of fused-ring (bicyclic) bond motifs is 1. The lowest BCUT2D eigenvalue weighted by molar-refractivity contribution is -0.385. The van der Waals surface area contributed by atoms with Crippen LogP contribution in [-0.4, -0.2) is 36.1 Å². The van der Waals surface area contributed by atoms with Gasteiger partial charge in [0.1, 0.15) is 10.3 Å². The number of anilines is 1. The van der Waals surface area contributed by atoms with Crippen molar-refractivity contribution < 1.29 is 4.92 Å². The van der Waals surface area contributed by atoms with E-state index in [1.807, 2.05) is 12.1 Å². The number of halogens is 1. The van der Waals surface area contributed by atoms with Crippen molar-refractivity contribution in [1.82, 2.24) is 10.3 Å². The zero-order valence-corrected chi connectivity index (χ0v) is 12.3. The van der Waals surface area contributed by atoms with Gasteiger partial charge in [0.2, 0.25) is 0 Å². The molecular weight excluding hydrogens is 324 g/mol. The quantitative estimate of drug-likeness (QED) is 0.673. The number of nitro groups is 1. The maximum absolute atomic E-state index is 10.9. The van der Waals surface area contributed by atoms with E-state index in [1.165, 1.54) is 6.07 Å². The lowest BCUT2D eigenvalue weighted by Gasteiger charge is -2.28. The Morgan fingerprint density at radius 3 is 2.70 bits per heavy atom. The number of nitrogens with one attached hydrogen (secondary N) is 1. The van der Waals surface area contributed by atoms with E-state index in [4.69, 9.17) is 0 Å². The summed E-state index contributed by atoms with van der Waals surface area (Å²) >= 11 is 3.30. The Morgan fingerprint density at radius 1 is 1.25 bits per heavy atom. The van der Waals surface area contributed by atoms with Gasteiger partial charge >= 0.3 is 0 Å². The normalized spacial score (nSPS) is 15.6. The molecule has 1 fully saturated rings. The van der Waals surface area contributed by atoms with Crippen molar-refractivity contribution in [1.29, 1.82) is 0 Å². The van der Waals surface area contributed by atoms with Crippen LogP contribution in [-0.2, 0) is 0 Å². The average molecular weight is 337 g/mol. The second kappa shape index (κ2) is 5.34. The van der Waals surface area contributed by atoms with Crippen LogP contribution >= 0.6 is 15.9 Å². The van der Waals surface area contributed by atoms with Crippen molar-refractivity contribution in [2.24, 2.45) is 0 Å². The van der Waals surface area contributed by atoms with Crippen LogP contribution in [0.25, 0.3) is 10.9 Å². The summed E-state index contributed by atoms with van der Waals surface area (Å²) in [5.41, 5.74) is 0.827. The van der Waals surface area contributed by atoms with Gasteiger partial charge in [0.05, 0.1) is 10.4 Å². The number of hydrogen-bond donors (Lipinski definition) is 1. The third-order valence-corrected chi connectivity index (χ3v) is 4.24. The monoisotopic (exact) mass is 336 g/mol. The number of aromatic nitrogens is 1. The highest BCUT2D eigenvalue weighted by atomic mass is 79.9. The zero-order valence-electron chi connectivity index (χ0n) is 10.7. The van der Waals surface area contributed by atoms with Crippen molar-refractivity contribution in [2.75, 3.05) is 31.1 Å². The van der Waals surface area contributed by atoms with Crippen molar-refractivity contribution in [2.45, 2.75) is 0 Å². The number of nitro benzene ring substituents is 1. The Bertz CT molecular complexity index is 671. The lowest BCUT2D eigenvalue weighted by atomic mass is 10.2. The second-order valence-corrected chi connectivity index (χ2v) is 5.42. The number of benzene rings is 1. The Balaban J connectivity index is 2.04. The van der Waals surface area contributed by atoms with Gasteiger partial charge in [0.15, 0.2) is 0 Å². The largest absolute Gasteiger partial charge is 0.354 e. The van der Waals surface area contributed by atoms with E-state index in [9.17, 15) is 10.1 Å². The molecule has 0 amide bonds. The molecule has 1 aliphatic heterocycles. The van der Waals surface area contributed by atoms with Crippen LogP contribution in [0.3, 0.4) is 0 Å². The van der Waals surface area contributed by atoms with Crippen LogP contribution in [0, 0.1) is 10.1 Å². The molecule has 1 aromatic heterocycles. The molecule has 7 heteroatoms. The van der Waals surface area contributed by atoms with Crippen molar-refractivity contribution in [3.8, 4) is 0 Å². The van der Waals surface area contributed by atoms with Crippen LogP contribution in [0.2, 0.25) is 0 Å². The fourth-order valence-electron chi connectivity index (χ4n) is 2.36. The van der Waals surface area contributed by atoms with E-state index < -0.39 is 4.92 Å². The van der Waals surface area contributed by atoms with Gasteiger partial charge in [-0.05, 0) is 34.1 Å². The number of pyridine rings is 1. The first-order valence-corrected chi connectivity index (χ1v) is 7.15. The molecule has 3 rings (SSSR count). The molecule has 6 nitrogen and oxygen atoms in total. The Kier molecular flexibility index (Phi) is 3.54. The van der Waals surface area contributed by atoms with Gasteiger partial charge in [-0.25, -0.2) is 4.98 Å². The smallest absolute Gasteiger partial charge is 0.284 e. The highest BCUT2D eigenvalue weighted by Gasteiger charge is 2.17. The molecule has 20 heavy (non-hydrogen) atoms. The standard InChI is InChI=1S/C13H13BrN4O2/c14-13-9-1-4-12(17-7-5-15-6-8-17)16-10(9)2-3-11(13)18(19)20/h1-4,15H,5-8H2. The first-order valence-electron chi connectivity index (χ1n) is 6.36. The summed E-state index contributed by atoms with van der Waals surface area (Å²) in [6, 6.07) is 6.99. The summed E-state index contributed by atoms with van der Waals surface area (Å²) in [6.45, 7) is 3.74. The first-order chi connectivity index (χ1) is 9.66. The Labute approximate surface area is 124 Å². The summed E-state index contributed by atoms with van der Waals surface area (Å²) < 4.78 is 0.486. The first kappa shape index (κ1) is 13.3. The highest BCUT2D eigenvalue weighted by Crippen LogP contribution is 2.33. The molecule has 0 aliphatic carbocycles. The molecule has 0 bridgehead atoms. The fourth-order valence-corrected chi connectivity index (χ4v) is 2.97. The minimum absolute atomic E-state index is 0.0641. The summed E-state index contributed by atoms with van der Waals surface area (Å²) in [5.74, 6) is 0.916. The third kappa shape index (κ3) is 2.34. The van der Waals surface area contributed by atoms with Crippen molar-refractivity contribution >= 4 is 38.3 Å². The van der Waals surface area contributed by atoms with Crippen LogP contribution in [0.4, 0.5) is 11.5 Å². The number of hydrogen-bond acceptors (Lipinski definition) is 5.